The lowest BCUT2D eigenvalue weighted by atomic mass is 9.96. The van der Waals surface area contributed by atoms with Crippen molar-refractivity contribution >= 4 is 21.8 Å². The number of nitrogens with zero attached hydrogens (tertiary/aromatic N) is 7. The van der Waals surface area contributed by atoms with Gasteiger partial charge < -0.3 is 0 Å². The Morgan fingerprint density at radius 1 is 0.364 bits per heavy atom. The van der Waals surface area contributed by atoms with E-state index in [0.29, 0.717) is 5.82 Å². The third-order valence-corrected chi connectivity index (χ3v) is 7.54. The lowest BCUT2D eigenvalue weighted by Crippen LogP contribution is -1.95. The SMILES string of the molecule is c1ccc(-c2cc(-c3cc4ccc(-c5ccc(-c6ncccn6)cc5)nc4c4ncccc34)cc(-c3ccccn3)n2)nc1. The molecule has 0 spiro atoms. The van der Waals surface area contributed by atoms with Gasteiger partial charge in [0.15, 0.2) is 5.82 Å². The first-order chi connectivity index (χ1) is 21.8. The van der Waals surface area contributed by atoms with Crippen LogP contribution in [-0.2, 0) is 0 Å². The largest absolute Gasteiger partial charge is 0.255 e. The molecule has 0 aliphatic carbocycles. The second-order valence-corrected chi connectivity index (χ2v) is 10.3. The van der Waals surface area contributed by atoms with Crippen LogP contribution in [0.1, 0.15) is 0 Å². The molecule has 8 rings (SSSR count). The number of benzene rings is 2. The Morgan fingerprint density at radius 3 is 1.70 bits per heavy atom. The molecule has 206 valence electrons. The molecule has 0 unspecified atom stereocenters. The van der Waals surface area contributed by atoms with Crippen LogP contribution in [0.5, 0.6) is 0 Å². The standard InChI is InChI=1S/C37H23N7/c1-3-16-38-31(8-1)33-22-27(23-34(43-33)32-9-2-4-17-39-32)29-21-26-14-15-30(44-35(26)36-28(29)7-5-18-40-36)24-10-12-25(13-11-24)37-41-19-6-20-42-37/h1-23H. The molecular formula is C37H23N7. The minimum Gasteiger partial charge on any atom is -0.255 e. The van der Waals surface area contributed by atoms with Gasteiger partial charge in [-0.25, -0.2) is 19.9 Å². The van der Waals surface area contributed by atoms with Crippen LogP contribution >= 0.6 is 0 Å². The van der Waals surface area contributed by atoms with Crippen molar-refractivity contribution in [3.8, 4) is 56.5 Å². The summed E-state index contributed by atoms with van der Waals surface area (Å²) in [5.74, 6) is 0.696. The summed E-state index contributed by atoms with van der Waals surface area (Å²) in [5.41, 5.74) is 9.72. The van der Waals surface area contributed by atoms with Crippen molar-refractivity contribution in [2.75, 3.05) is 0 Å². The van der Waals surface area contributed by atoms with Gasteiger partial charge in [0.2, 0.25) is 0 Å². The summed E-state index contributed by atoms with van der Waals surface area (Å²) in [6, 6.07) is 36.3. The number of fused-ring (bicyclic) bond motifs is 3. The first kappa shape index (κ1) is 25.5. The van der Waals surface area contributed by atoms with Gasteiger partial charge in [-0.3, -0.25) is 15.0 Å². The molecule has 6 heterocycles. The third-order valence-electron chi connectivity index (χ3n) is 7.54. The highest BCUT2D eigenvalue weighted by molar-refractivity contribution is 6.10. The van der Waals surface area contributed by atoms with E-state index in [1.54, 1.807) is 24.8 Å². The molecule has 0 aliphatic rings. The fraction of sp³-hybridized carbons (Fsp3) is 0. The predicted octanol–water partition coefficient (Wildman–Crippen LogP) is 8.09. The van der Waals surface area contributed by atoms with Gasteiger partial charge >= 0.3 is 0 Å². The molecular weight excluding hydrogens is 542 g/mol. The van der Waals surface area contributed by atoms with Gasteiger partial charge in [0, 0.05) is 52.9 Å². The molecule has 6 aromatic heterocycles. The molecule has 7 nitrogen and oxygen atoms in total. The Kier molecular flexibility index (Phi) is 6.31. The van der Waals surface area contributed by atoms with Crippen molar-refractivity contribution in [3.05, 3.63) is 140 Å². The topological polar surface area (TPSA) is 90.2 Å². The van der Waals surface area contributed by atoms with E-state index in [1.165, 1.54) is 0 Å². The molecule has 0 saturated carbocycles. The summed E-state index contributed by atoms with van der Waals surface area (Å²) >= 11 is 0. The fourth-order valence-corrected chi connectivity index (χ4v) is 5.44. The van der Waals surface area contributed by atoms with Crippen molar-refractivity contribution in [3.63, 3.8) is 0 Å². The molecule has 0 aliphatic heterocycles. The zero-order valence-electron chi connectivity index (χ0n) is 23.4. The summed E-state index contributed by atoms with van der Waals surface area (Å²) < 4.78 is 0. The molecule has 0 N–H and O–H groups in total. The first-order valence-electron chi connectivity index (χ1n) is 14.2. The average Bonchev–Trinajstić information content (AvgIpc) is 3.12. The molecule has 8 aromatic rings. The maximum absolute atomic E-state index is 5.11. The lowest BCUT2D eigenvalue weighted by molar-refractivity contribution is 1.18. The summed E-state index contributed by atoms with van der Waals surface area (Å²) in [4.78, 5) is 32.8. The summed E-state index contributed by atoms with van der Waals surface area (Å²) in [6.07, 6.45) is 8.88. The summed E-state index contributed by atoms with van der Waals surface area (Å²) in [7, 11) is 0. The normalized spacial score (nSPS) is 11.2. The Bertz CT molecular complexity index is 2200. The molecule has 0 saturated heterocycles. The maximum atomic E-state index is 5.11. The van der Waals surface area contributed by atoms with Gasteiger partial charge in [-0.05, 0) is 71.8 Å². The number of pyridine rings is 5. The molecule has 0 atom stereocenters. The lowest BCUT2D eigenvalue weighted by Gasteiger charge is -2.13. The molecule has 0 amide bonds. The van der Waals surface area contributed by atoms with Crippen molar-refractivity contribution in [1.29, 1.82) is 0 Å². The van der Waals surface area contributed by atoms with E-state index >= 15 is 0 Å². The molecule has 44 heavy (non-hydrogen) atoms. The first-order valence-corrected chi connectivity index (χ1v) is 14.2. The van der Waals surface area contributed by atoms with E-state index in [4.69, 9.17) is 15.0 Å². The van der Waals surface area contributed by atoms with E-state index in [-0.39, 0.29) is 0 Å². The van der Waals surface area contributed by atoms with Crippen LogP contribution in [0, 0.1) is 0 Å². The van der Waals surface area contributed by atoms with Gasteiger partial charge in [0.05, 0.1) is 39.5 Å². The number of aromatic nitrogens is 7. The van der Waals surface area contributed by atoms with Crippen LogP contribution in [0.2, 0.25) is 0 Å². The van der Waals surface area contributed by atoms with Crippen LogP contribution in [0.15, 0.2) is 140 Å². The zero-order chi connectivity index (χ0) is 29.3. The minimum atomic E-state index is 0.696. The van der Waals surface area contributed by atoms with E-state index in [9.17, 15) is 0 Å². The van der Waals surface area contributed by atoms with Crippen LogP contribution < -0.4 is 0 Å². The average molecular weight is 566 g/mol. The van der Waals surface area contributed by atoms with Crippen molar-refractivity contribution in [2.45, 2.75) is 0 Å². The molecule has 7 heteroatoms. The van der Waals surface area contributed by atoms with Crippen molar-refractivity contribution in [2.24, 2.45) is 0 Å². The van der Waals surface area contributed by atoms with Crippen LogP contribution in [0.4, 0.5) is 0 Å². The molecule has 0 bridgehead atoms. The molecule has 2 aromatic carbocycles. The van der Waals surface area contributed by atoms with Crippen LogP contribution in [-0.4, -0.2) is 34.9 Å². The van der Waals surface area contributed by atoms with Crippen LogP contribution in [0.25, 0.3) is 78.4 Å². The summed E-state index contributed by atoms with van der Waals surface area (Å²) in [6.45, 7) is 0. The van der Waals surface area contributed by atoms with Gasteiger partial charge in [0.25, 0.3) is 0 Å². The Balaban J connectivity index is 1.28. The second kappa shape index (κ2) is 10.9. The Hall–Kier alpha value is -6.21. The highest BCUT2D eigenvalue weighted by atomic mass is 14.9. The predicted molar refractivity (Wildman–Crippen MR) is 173 cm³/mol. The highest BCUT2D eigenvalue weighted by Crippen LogP contribution is 2.37. The smallest absolute Gasteiger partial charge is 0.159 e. The number of hydrogen-bond donors (Lipinski definition) is 0. The highest BCUT2D eigenvalue weighted by Gasteiger charge is 2.16. The van der Waals surface area contributed by atoms with Crippen molar-refractivity contribution in [1.82, 2.24) is 34.9 Å². The zero-order valence-corrected chi connectivity index (χ0v) is 23.4. The monoisotopic (exact) mass is 565 g/mol. The number of hydrogen-bond acceptors (Lipinski definition) is 7. The van der Waals surface area contributed by atoms with Crippen LogP contribution in [0.3, 0.4) is 0 Å². The van der Waals surface area contributed by atoms with E-state index < -0.39 is 0 Å². The fourth-order valence-electron chi connectivity index (χ4n) is 5.44. The Morgan fingerprint density at radius 2 is 1.02 bits per heavy atom. The molecule has 0 radical (unpaired) electrons. The van der Waals surface area contributed by atoms with E-state index in [0.717, 1.165) is 72.5 Å². The maximum Gasteiger partial charge on any atom is 0.159 e. The minimum absolute atomic E-state index is 0.696. The van der Waals surface area contributed by atoms with Gasteiger partial charge in [-0.1, -0.05) is 48.5 Å². The number of rotatable bonds is 5. The van der Waals surface area contributed by atoms with Gasteiger partial charge in [-0.15, -0.1) is 0 Å². The molecule has 0 fully saturated rings. The van der Waals surface area contributed by atoms with Gasteiger partial charge in [-0.2, -0.15) is 0 Å². The van der Waals surface area contributed by atoms with E-state index in [1.807, 2.05) is 66.9 Å². The Labute approximate surface area is 253 Å². The second-order valence-electron chi connectivity index (χ2n) is 10.3. The summed E-state index contributed by atoms with van der Waals surface area (Å²) in [5, 5.41) is 2.01. The van der Waals surface area contributed by atoms with Gasteiger partial charge in [0.1, 0.15) is 0 Å². The van der Waals surface area contributed by atoms with Crippen molar-refractivity contribution < 1.29 is 0 Å². The third kappa shape index (κ3) is 4.72. The van der Waals surface area contributed by atoms with E-state index in [2.05, 4.69) is 68.5 Å². The quantitative estimate of drug-likeness (QED) is 0.195.